The number of aromatic amines is 1. The number of unbranched alkanes of at least 4 members (excludes halogenated alkanes) is 7. The molecule has 2 rings (SSSR count). The first kappa shape index (κ1) is 21.4. The van der Waals surface area contributed by atoms with Crippen molar-refractivity contribution >= 4 is 0 Å². The molecule has 2 heterocycles. The summed E-state index contributed by atoms with van der Waals surface area (Å²) in [4.78, 5) is 26.3. The van der Waals surface area contributed by atoms with Crippen LogP contribution in [0.15, 0.2) is 27.6 Å². The van der Waals surface area contributed by atoms with Crippen LogP contribution in [0.5, 0.6) is 0 Å². The van der Waals surface area contributed by atoms with Gasteiger partial charge in [0, 0.05) is 19.2 Å². The molecule has 0 saturated heterocycles. The van der Waals surface area contributed by atoms with Crippen LogP contribution in [-0.4, -0.2) is 27.9 Å². The van der Waals surface area contributed by atoms with E-state index in [1.165, 1.54) is 49.3 Å². The third-order valence-corrected chi connectivity index (χ3v) is 4.74. The SMILES string of the molecule is CCCCCCCCCCOCc1cn([C@@H]2CC=C(CO)O2)c(=O)[nH]c1=O. The number of nitrogens with one attached hydrogen (secondary N) is 1. The number of nitrogens with zero attached hydrogens (tertiary/aromatic N) is 1. The summed E-state index contributed by atoms with van der Waals surface area (Å²) in [5.74, 6) is 0.436. The van der Waals surface area contributed by atoms with Crippen LogP contribution in [0, 0.1) is 0 Å². The molecular weight excluding hydrogens is 348 g/mol. The van der Waals surface area contributed by atoms with E-state index in [4.69, 9.17) is 14.6 Å². The van der Waals surface area contributed by atoms with Gasteiger partial charge < -0.3 is 14.6 Å². The van der Waals surface area contributed by atoms with Crippen molar-refractivity contribution in [2.45, 2.75) is 77.5 Å². The van der Waals surface area contributed by atoms with Crippen molar-refractivity contribution in [2.75, 3.05) is 13.2 Å². The van der Waals surface area contributed by atoms with Crippen molar-refractivity contribution in [3.8, 4) is 0 Å². The van der Waals surface area contributed by atoms with Crippen LogP contribution in [0.1, 0.15) is 76.5 Å². The second kappa shape index (κ2) is 11.8. The first-order valence-electron chi connectivity index (χ1n) is 10.0. The fourth-order valence-electron chi connectivity index (χ4n) is 3.14. The summed E-state index contributed by atoms with van der Waals surface area (Å²) >= 11 is 0. The van der Waals surface area contributed by atoms with Crippen molar-refractivity contribution in [1.29, 1.82) is 0 Å². The Kier molecular flexibility index (Phi) is 9.35. The number of rotatable bonds is 13. The van der Waals surface area contributed by atoms with Gasteiger partial charge in [0.05, 0.1) is 12.2 Å². The van der Waals surface area contributed by atoms with Crippen LogP contribution in [0.3, 0.4) is 0 Å². The van der Waals surface area contributed by atoms with E-state index < -0.39 is 17.5 Å². The zero-order valence-electron chi connectivity index (χ0n) is 16.2. The molecule has 0 spiro atoms. The number of aliphatic hydroxyl groups is 1. The Balaban J connectivity index is 1.73. The molecule has 0 unspecified atom stereocenters. The molecule has 0 aliphatic carbocycles. The molecule has 1 aliphatic rings. The molecule has 0 radical (unpaired) electrons. The molecule has 7 nitrogen and oxygen atoms in total. The van der Waals surface area contributed by atoms with Gasteiger partial charge in [-0.1, -0.05) is 51.9 Å². The van der Waals surface area contributed by atoms with Gasteiger partial charge in [-0.3, -0.25) is 14.3 Å². The molecule has 1 atom stereocenters. The van der Waals surface area contributed by atoms with Crippen LogP contribution < -0.4 is 11.2 Å². The summed E-state index contributed by atoms with van der Waals surface area (Å²) in [6.07, 6.45) is 13.0. The zero-order chi connectivity index (χ0) is 19.5. The maximum absolute atomic E-state index is 12.0. The van der Waals surface area contributed by atoms with Crippen LogP contribution in [0.4, 0.5) is 0 Å². The molecule has 0 fully saturated rings. The highest BCUT2D eigenvalue weighted by atomic mass is 16.5. The Morgan fingerprint density at radius 2 is 1.89 bits per heavy atom. The van der Waals surface area contributed by atoms with Gasteiger partial charge in [0.2, 0.25) is 0 Å². The Morgan fingerprint density at radius 1 is 1.19 bits per heavy atom. The summed E-state index contributed by atoms with van der Waals surface area (Å²) in [5.41, 5.74) is -0.555. The van der Waals surface area contributed by atoms with Crippen LogP contribution in [0.2, 0.25) is 0 Å². The Hall–Kier alpha value is -1.86. The normalized spacial score (nSPS) is 16.4. The number of hydrogen-bond acceptors (Lipinski definition) is 5. The van der Waals surface area contributed by atoms with Crippen LogP contribution in [0.25, 0.3) is 0 Å². The first-order chi connectivity index (χ1) is 13.2. The molecule has 0 amide bonds. The molecule has 2 N–H and O–H groups in total. The van der Waals surface area contributed by atoms with Crippen molar-refractivity contribution < 1.29 is 14.6 Å². The van der Waals surface area contributed by atoms with E-state index in [1.54, 1.807) is 6.08 Å². The highest BCUT2D eigenvalue weighted by Gasteiger charge is 2.21. The van der Waals surface area contributed by atoms with Gasteiger partial charge in [0.1, 0.15) is 12.4 Å². The lowest BCUT2D eigenvalue weighted by Crippen LogP contribution is -2.34. The largest absolute Gasteiger partial charge is 0.472 e. The van der Waals surface area contributed by atoms with Crippen molar-refractivity contribution in [1.82, 2.24) is 9.55 Å². The number of H-pyrrole nitrogens is 1. The third kappa shape index (κ3) is 6.99. The predicted octanol–water partition coefficient (Wildman–Crippen LogP) is 2.99. The number of ether oxygens (including phenoxy) is 2. The molecule has 0 bridgehead atoms. The second-order valence-electron chi connectivity index (χ2n) is 6.99. The van der Waals surface area contributed by atoms with Crippen molar-refractivity contribution in [3.63, 3.8) is 0 Å². The fraction of sp³-hybridized carbons (Fsp3) is 0.700. The number of aromatic nitrogens is 2. The highest BCUT2D eigenvalue weighted by Crippen LogP contribution is 2.24. The summed E-state index contributed by atoms with van der Waals surface area (Å²) in [6.45, 7) is 2.78. The summed E-state index contributed by atoms with van der Waals surface area (Å²) < 4.78 is 12.4. The molecule has 1 aliphatic heterocycles. The van der Waals surface area contributed by atoms with Gasteiger partial charge in [-0.2, -0.15) is 0 Å². The average molecular weight is 380 g/mol. The van der Waals surface area contributed by atoms with Gasteiger partial charge in [-0.15, -0.1) is 0 Å². The lowest BCUT2D eigenvalue weighted by atomic mass is 10.1. The standard InChI is InChI=1S/C20H32N2O5/c1-2-3-4-5-6-7-8-9-12-26-15-16-13-22(20(25)21-19(16)24)18-11-10-17(14-23)27-18/h10,13,18,23H,2-9,11-12,14-15H2,1H3,(H,21,24,25)/t18-/m0/s1. The summed E-state index contributed by atoms with van der Waals surface area (Å²) in [6, 6.07) is 0. The van der Waals surface area contributed by atoms with Crippen LogP contribution >= 0.6 is 0 Å². The number of aliphatic hydroxyl groups excluding tert-OH is 1. The van der Waals surface area contributed by atoms with Crippen LogP contribution in [-0.2, 0) is 16.1 Å². The van der Waals surface area contributed by atoms with E-state index in [0.717, 1.165) is 12.8 Å². The minimum Gasteiger partial charge on any atom is -0.472 e. The van der Waals surface area contributed by atoms with E-state index in [2.05, 4.69) is 11.9 Å². The smallest absolute Gasteiger partial charge is 0.331 e. The molecule has 152 valence electrons. The Labute approximate surface area is 160 Å². The minimum atomic E-state index is -0.539. The molecular formula is C20H32N2O5. The van der Waals surface area contributed by atoms with E-state index in [0.29, 0.717) is 24.4 Å². The first-order valence-corrected chi connectivity index (χ1v) is 10.0. The van der Waals surface area contributed by atoms with E-state index >= 15 is 0 Å². The van der Waals surface area contributed by atoms with Gasteiger partial charge >= 0.3 is 5.69 Å². The van der Waals surface area contributed by atoms with Gasteiger partial charge in [-0.05, 0) is 12.5 Å². The molecule has 1 aromatic heterocycles. The predicted molar refractivity (Wildman–Crippen MR) is 103 cm³/mol. The molecule has 1 aromatic rings. The lowest BCUT2D eigenvalue weighted by molar-refractivity contribution is 0.0578. The average Bonchev–Trinajstić information content (AvgIpc) is 3.13. The van der Waals surface area contributed by atoms with Gasteiger partial charge in [0.15, 0.2) is 6.23 Å². The van der Waals surface area contributed by atoms with E-state index in [9.17, 15) is 9.59 Å². The molecule has 0 aromatic carbocycles. The monoisotopic (exact) mass is 380 g/mol. The Morgan fingerprint density at radius 3 is 2.56 bits per heavy atom. The highest BCUT2D eigenvalue weighted by molar-refractivity contribution is 5.06. The quantitative estimate of drug-likeness (QED) is 0.513. The number of hydrogen-bond donors (Lipinski definition) is 2. The summed E-state index contributed by atoms with van der Waals surface area (Å²) in [5, 5.41) is 9.10. The molecule has 0 saturated carbocycles. The lowest BCUT2D eigenvalue weighted by Gasteiger charge is -2.16. The van der Waals surface area contributed by atoms with Crippen molar-refractivity contribution in [2.24, 2.45) is 0 Å². The van der Waals surface area contributed by atoms with Gasteiger partial charge in [-0.25, -0.2) is 4.79 Å². The molecule has 7 heteroatoms. The third-order valence-electron chi connectivity index (χ3n) is 4.74. The minimum absolute atomic E-state index is 0.166. The van der Waals surface area contributed by atoms with Gasteiger partial charge in [0.25, 0.3) is 5.56 Å². The zero-order valence-corrected chi connectivity index (χ0v) is 16.2. The molecule has 27 heavy (non-hydrogen) atoms. The van der Waals surface area contributed by atoms with E-state index in [-0.39, 0.29) is 13.2 Å². The Bertz CT molecular complexity index is 707. The summed E-state index contributed by atoms with van der Waals surface area (Å²) in [7, 11) is 0. The maximum atomic E-state index is 12.0. The van der Waals surface area contributed by atoms with Crippen molar-refractivity contribution in [3.05, 3.63) is 44.4 Å². The maximum Gasteiger partial charge on any atom is 0.331 e. The topological polar surface area (TPSA) is 93.6 Å². The van der Waals surface area contributed by atoms with E-state index in [1.807, 2.05) is 0 Å². The fourth-order valence-corrected chi connectivity index (χ4v) is 3.14. The second-order valence-corrected chi connectivity index (χ2v) is 6.99.